The van der Waals surface area contributed by atoms with Crippen molar-refractivity contribution in [3.63, 3.8) is 0 Å². The molecule has 2 fully saturated rings. The van der Waals surface area contributed by atoms with E-state index in [0.29, 0.717) is 61.0 Å². The van der Waals surface area contributed by atoms with Crippen LogP contribution in [0.5, 0.6) is 0 Å². The molecule has 49 heavy (non-hydrogen) atoms. The van der Waals surface area contributed by atoms with Gasteiger partial charge in [-0.3, -0.25) is 28.5 Å². The lowest BCUT2D eigenvalue weighted by Gasteiger charge is -2.39. The van der Waals surface area contributed by atoms with Crippen LogP contribution in [0.1, 0.15) is 42.1 Å². The Hall–Kier alpha value is -4.93. The molecular weight excluding hydrogens is 662 g/mol. The fraction of sp³-hybridized carbons (Fsp3) is 0.306. The second kappa shape index (κ2) is 13.9. The molecule has 252 valence electrons. The molecular formula is C36H36FN7O3S2. The van der Waals surface area contributed by atoms with Crippen molar-refractivity contribution >= 4 is 57.5 Å². The molecule has 0 saturated carbocycles. The molecule has 2 aromatic heterocycles. The topological polar surface area (TPSA) is 99.5 Å². The van der Waals surface area contributed by atoms with Crippen LogP contribution in [0.3, 0.4) is 0 Å². The van der Waals surface area contributed by atoms with Gasteiger partial charge < -0.3 is 9.80 Å². The molecule has 2 aliphatic heterocycles. The first-order valence-corrected chi connectivity index (χ1v) is 17.3. The SMILES string of the molecule is CCCCn1c(N2CCN(c3ccc(F)cc3)CC2)c(C=C2SC(=S)N(c3c(C)n(C)n(-c4ccccc4)c3=O)C2=O)c(C)c(C#N)c1=O. The van der Waals surface area contributed by atoms with Crippen LogP contribution in [-0.2, 0) is 18.4 Å². The van der Waals surface area contributed by atoms with Crippen LogP contribution in [0.25, 0.3) is 11.8 Å². The maximum Gasteiger partial charge on any atom is 0.296 e. The van der Waals surface area contributed by atoms with Gasteiger partial charge in [0.1, 0.15) is 29.0 Å². The van der Waals surface area contributed by atoms with E-state index in [-0.39, 0.29) is 37.4 Å². The Labute approximate surface area is 293 Å². The van der Waals surface area contributed by atoms with E-state index in [0.717, 1.165) is 30.3 Å². The van der Waals surface area contributed by atoms with Gasteiger partial charge in [-0.2, -0.15) is 5.26 Å². The Kier molecular flexibility index (Phi) is 9.63. The summed E-state index contributed by atoms with van der Waals surface area (Å²) in [6.45, 7) is 8.29. The third-order valence-corrected chi connectivity index (χ3v) is 10.5. The molecule has 2 aromatic carbocycles. The zero-order chi connectivity index (χ0) is 35.0. The van der Waals surface area contributed by atoms with Gasteiger partial charge in [0.15, 0.2) is 4.32 Å². The van der Waals surface area contributed by atoms with E-state index < -0.39 is 5.91 Å². The van der Waals surface area contributed by atoms with Crippen molar-refractivity contribution in [2.45, 2.75) is 40.2 Å². The molecule has 0 aliphatic carbocycles. The number of amides is 1. The summed E-state index contributed by atoms with van der Waals surface area (Å²) < 4.78 is 18.7. The number of carbonyl (C=O) groups is 1. The number of nitrogens with zero attached hydrogens (tertiary/aromatic N) is 7. The molecule has 10 nitrogen and oxygen atoms in total. The van der Waals surface area contributed by atoms with Crippen LogP contribution in [0, 0.1) is 31.0 Å². The van der Waals surface area contributed by atoms with Crippen molar-refractivity contribution in [3.8, 4) is 11.8 Å². The number of hydrogen-bond donors (Lipinski definition) is 0. The molecule has 13 heteroatoms. The lowest BCUT2D eigenvalue weighted by Crippen LogP contribution is -2.48. The van der Waals surface area contributed by atoms with Gasteiger partial charge in [-0.1, -0.05) is 55.5 Å². The van der Waals surface area contributed by atoms with Crippen LogP contribution >= 0.6 is 24.0 Å². The summed E-state index contributed by atoms with van der Waals surface area (Å²) in [6.07, 6.45) is 3.27. The summed E-state index contributed by atoms with van der Waals surface area (Å²) in [5.74, 6) is -0.103. The number of rotatable bonds is 8. The minimum Gasteiger partial charge on any atom is -0.368 e. The van der Waals surface area contributed by atoms with E-state index in [2.05, 4.69) is 15.9 Å². The fourth-order valence-electron chi connectivity index (χ4n) is 6.44. The predicted molar refractivity (Wildman–Crippen MR) is 197 cm³/mol. The monoisotopic (exact) mass is 697 g/mol. The van der Waals surface area contributed by atoms with Gasteiger partial charge in [0.2, 0.25) is 0 Å². The number of benzene rings is 2. The molecule has 6 rings (SSSR count). The van der Waals surface area contributed by atoms with E-state index in [9.17, 15) is 24.0 Å². The molecule has 0 radical (unpaired) electrons. The zero-order valence-corrected chi connectivity index (χ0v) is 29.4. The van der Waals surface area contributed by atoms with Gasteiger partial charge >= 0.3 is 0 Å². The van der Waals surface area contributed by atoms with Crippen molar-refractivity contribution in [1.82, 2.24) is 13.9 Å². The van der Waals surface area contributed by atoms with Crippen LogP contribution < -0.4 is 25.8 Å². The Balaban J connectivity index is 1.43. The van der Waals surface area contributed by atoms with Crippen molar-refractivity contribution in [1.29, 1.82) is 5.26 Å². The summed E-state index contributed by atoms with van der Waals surface area (Å²) in [5, 5.41) is 10.1. The first-order chi connectivity index (χ1) is 23.6. The Morgan fingerprint density at radius 3 is 2.22 bits per heavy atom. The number of halogens is 1. The Bertz CT molecular complexity index is 2140. The number of aromatic nitrogens is 3. The predicted octanol–water partition coefficient (Wildman–Crippen LogP) is 5.50. The van der Waals surface area contributed by atoms with Crippen molar-refractivity contribution in [3.05, 3.63) is 108 Å². The van der Waals surface area contributed by atoms with Crippen LogP contribution in [0.15, 0.2) is 69.1 Å². The largest absolute Gasteiger partial charge is 0.368 e. The van der Waals surface area contributed by atoms with E-state index in [1.807, 2.05) is 37.3 Å². The summed E-state index contributed by atoms with van der Waals surface area (Å²) in [7, 11) is 1.76. The summed E-state index contributed by atoms with van der Waals surface area (Å²) >= 11 is 6.80. The van der Waals surface area contributed by atoms with Gasteiger partial charge in [-0.05, 0) is 68.3 Å². The summed E-state index contributed by atoms with van der Waals surface area (Å²) in [6, 6.07) is 17.7. The quantitative estimate of drug-likeness (QED) is 0.176. The number of pyridine rings is 1. The Morgan fingerprint density at radius 1 is 0.939 bits per heavy atom. The number of thioether (sulfide) groups is 1. The molecule has 2 saturated heterocycles. The molecule has 0 N–H and O–H groups in total. The highest BCUT2D eigenvalue weighted by molar-refractivity contribution is 8.27. The highest BCUT2D eigenvalue weighted by atomic mass is 32.2. The molecule has 4 heterocycles. The fourth-order valence-corrected chi connectivity index (χ4v) is 7.69. The molecule has 0 spiro atoms. The normalized spacial score (nSPS) is 15.8. The molecule has 2 aliphatic rings. The number of para-hydroxylation sites is 1. The number of nitriles is 1. The third kappa shape index (κ3) is 6.11. The number of thiocarbonyl (C=S) groups is 1. The Morgan fingerprint density at radius 2 is 1.59 bits per heavy atom. The van der Waals surface area contributed by atoms with Gasteiger partial charge in [0, 0.05) is 51.0 Å². The molecule has 1 amide bonds. The maximum atomic E-state index is 14.2. The summed E-state index contributed by atoms with van der Waals surface area (Å²) in [5.41, 5.74) is 2.67. The van der Waals surface area contributed by atoms with Crippen molar-refractivity contribution in [2.75, 3.05) is 40.9 Å². The zero-order valence-electron chi connectivity index (χ0n) is 27.8. The lowest BCUT2D eigenvalue weighted by atomic mass is 10.0. The van der Waals surface area contributed by atoms with Gasteiger partial charge in [-0.25, -0.2) is 9.07 Å². The van der Waals surface area contributed by atoms with Gasteiger partial charge in [-0.15, -0.1) is 0 Å². The third-order valence-electron chi connectivity index (χ3n) is 9.17. The first kappa shape index (κ1) is 34.0. The minimum absolute atomic E-state index is 0.0242. The first-order valence-electron chi connectivity index (χ1n) is 16.1. The number of hydrogen-bond acceptors (Lipinski definition) is 8. The van der Waals surface area contributed by atoms with E-state index >= 15 is 0 Å². The maximum absolute atomic E-state index is 14.2. The van der Waals surface area contributed by atoms with Gasteiger partial charge in [0.05, 0.1) is 16.3 Å². The number of piperazine rings is 1. The average molecular weight is 698 g/mol. The summed E-state index contributed by atoms with van der Waals surface area (Å²) in [4.78, 5) is 47.7. The second-order valence-corrected chi connectivity index (χ2v) is 13.7. The van der Waals surface area contributed by atoms with Crippen molar-refractivity contribution < 1.29 is 9.18 Å². The van der Waals surface area contributed by atoms with E-state index in [1.165, 1.54) is 21.7 Å². The standard InChI is InChI=1S/C36H36FN7O3S2/c1-5-6-16-42-32(41-19-17-40(18-20-41)26-14-12-25(37)13-15-26)28(23(2)29(22-38)33(42)45)21-30-34(46)43(36(48)49-30)31-24(3)39(4)44(35(31)47)27-10-8-7-9-11-27/h7-15,21H,5-6,16-20H2,1-4H3. The highest BCUT2D eigenvalue weighted by Crippen LogP contribution is 2.39. The number of carbonyl (C=O) groups excluding carboxylic acids is 1. The smallest absolute Gasteiger partial charge is 0.296 e. The number of unbranched alkanes of at least 4 members (excludes halogenated alkanes) is 1. The number of anilines is 3. The van der Waals surface area contributed by atoms with E-state index in [4.69, 9.17) is 12.2 Å². The van der Waals surface area contributed by atoms with Crippen molar-refractivity contribution in [2.24, 2.45) is 7.05 Å². The van der Waals surface area contributed by atoms with Gasteiger partial charge in [0.25, 0.3) is 17.0 Å². The average Bonchev–Trinajstić information content (AvgIpc) is 3.50. The second-order valence-electron chi connectivity index (χ2n) is 12.0. The molecule has 0 atom stereocenters. The molecule has 4 aromatic rings. The van der Waals surface area contributed by atoms with Crippen LogP contribution in [-0.4, -0.2) is 50.3 Å². The lowest BCUT2D eigenvalue weighted by molar-refractivity contribution is -0.113. The molecule has 0 bridgehead atoms. The molecule has 0 unspecified atom stereocenters. The van der Waals surface area contributed by atoms with Crippen LogP contribution in [0.4, 0.5) is 21.6 Å². The van der Waals surface area contributed by atoms with E-state index in [1.54, 1.807) is 48.4 Å². The van der Waals surface area contributed by atoms with Crippen LogP contribution in [0.2, 0.25) is 0 Å². The minimum atomic E-state index is -0.447. The highest BCUT2D eigenvalue weighted by Gasteiger charge is 2.38.